The Morgan fingerprint density at radius 3 is 2.17 bits per heavy atom. The molecule has 3 aromatic carbocycles. The molecule has 0 saturated heterocycles. The number of carbonyl (C=O) groups excluding carboxylic acids is 2. The second-order valence-electron chi connectivity index (χ2n) is 10.4. The molecule has 1 N–H and O–H groups in total. The average Bonchev–Trinajstić information content (AvgIpc) is 2.90. The highest BCUT2D eigenvalue weighted by Crippen LogP contribution is 2.28. The molecule has 0 fully saturated rings. The Hall–Kier alpha value is -3.08. The number of anilines is 1. The summed E-state index contributed by atoms with van der Waals surface area (Å²) in [5, 5.41) is 3.33. The van der Waals surface area contributed by atoms with Gasteiger partial charge in [0.2, 0.25) is 11.8 Å². The van der Waals surface area contributed by atoms with Crippen molar-refractivity contribution < 1.29 is 22.7 Å². The molecular weight excluding hydrogens is 630 g/mol. The smallest absolute Gasteiger partial charge is 0.264 e. The van der Waals surface area contributed by atoms with Crippen LogP contribution >= 0.6 is 27.5 Å². The number of hydrogen-bond acceptors (Lipinski definition) is 5. The van der Waals surface area contributed by atoms with E-state index in [1.807, 2.05) is 27.7 Å². The molecule has 3 aromatic rings. The van der Waals surface area contributed by atoms with Crippen molar-refractivity contribution >= 4 is 55.1 Å². The third-order valence-corrected chi connectivity index (χ3v) is 8.77. The van der Waals surface area contributed by atoms with Crippen LogP contribution in [0.2, 0.25) is 5.02 Å². The lowest BCUT2D eigenvalue weighted by atomic mass is 10.1. The Balaban J connectivity index is 2.05. The van der Waals surface area contributed by atoms with Crippen molar-refractivity contribution in [1.29, 1.82) is 0 Å². The first-order valence-electron chi connectivity index (χ1n) is 13.1. The van der Waals surface area contributed by atoms with Crippen molar-refractivity contribution in [3.05, 3.63) is 87.9 Å². The normalized spacial score (nSPS) is 12.4. The Morgan fingerprint density at radius 1 is 1.00 bits per heavy atom. The zero-order valence-electron chi connectivity index (χ0n) is 23.7. The van der Waals surface area contributed by atoms with Crippen LogP contribution in [0.25, 0.3) is 0 Å². The SMILES string of the molecule is CCOc1ccc(N(CC(=O)N(Cc2ccccc2Cl)[C@H](C)C(=O)NC(C)(C)C)S(=O)(=O)c2ccc(Br)cc2)cc1. The predicted octanol–water partition coefficient (Wildman–Crippen LogP) is 6.03. The minimum absolute atomic E-state index is 0.00663. The zero-order chi connectivity index (χ0) is 30.4. The highest BCUT2D eigenvalue weighted by molar-refractivity contribution is 9.10. The van der Waals surface area contributed by atoms with Gasteiger partial charge >= 0.3 is 0 Å². The van der Waals surface area contributed by atoms with Gasteiger partial charge in [-0.25, -0.2) is 8.42 Å². The summed E-state index contributed by atoms with van der Waals surface area (Å²) < 4.78 is 35.1. The second kappa shape index (κ2) is 13.7. The summed E-state index contributed by atoms with van der Waals surface area (Å²) in [6, 6.07) is 18.7. The monoisotopic (exact) mass is 663 g/mol. The van der Waals surface area contributed by atoms with E-state index < -0.39 is 34.1 Å². The molecule has 0 aliphatic heterocycles. The van der Waals surface area contributed by atoms with Gasteiger partial charge < -0.3 is 15.0 Å². The average molecular weight is 665 g/mol. The summed E-state index contributed by atoms with van der Waals surface area (Å²) in [5.74, 6) is -0.381. The maximum atomic E-state index is 14.0. The van der Waals surface area contributed by atoms with E-state index in [1.165, 1.54) is 17.0 Å². The van der Waals surface area contributed by atoms with E-state index in [0.717, 1.165) is 4.31 Å². The summed E-state index contributed by atoms with van der Waals surface area (Å²) in [7, 11) is -4.18. The van der Waals surface area contributed by atoms with Gasteiger partial charge in [-0.3, -0.25) is 13.9 Å². The van der Waals surface area contributed by atoms with Crippen LogP contribution in [0.4, 0.5) is 5.69 Å². The molecule has 1 atom stereocenters. The topological polar surface area (TPSA) is 96.0 Å². The van der Waals surface area contributed by atoms with Gasteiger partial charge in [-0.05, 0) is 94.8 Å². The molecule has 0 bridgehead atoms. The van der Waals surface area contributed by atoms with Crippen molar-refractivity contribution in [2.75, 3.05) is 17.5 Å². The fourth-order valence-corrected chi connectivity index (χ4v) is 5.88. The fraction of sp³-hybridized carbons (Fsp3) is 0.333. The van der Waals surface area contributed by atoms with Gasteiger partial charge in [-0.15, -0.1) is 0 Å². The van der Waals surface area contributed by atoms with E-state index in [9.17, 15) is 18.0 Å². The molecule has 0 aliphatic carbocycles. The maximum Gasteiger partial charge on any atom is 0.264 e. The molecule has 0 aliphatic rings. The lowest BCUT2D eigenvalue weighted by molar-refractivity contribution is -0.140. The van der Waals surface area contributed by atoms with E-state index >= 15 is 0 Å². The lowest BCUT2D eigenvalue weighted by Gasteiger charge is -2.33. The molecule has 220 valence electrons. The third kappa shape index (κ3) is 8.70. The quantitative estimate of drug-likeness (QED) is 0.270. The first-order valence-corrected chi connectivity index (χ1v) is 15.7. The van der Waals surface area contributed by atoms with Gasteiger partial charge in [0.05, 0.1) is 17.2 Å². The number of halogens is 2. The van der Waals surface area contributed by atoms with Crippen molar-refractivity contribution in [3.63, 3.8) is 0 Å². The van der Waals surface area contributed by atoms with Crippen molar-refractivity contribution in [1.82, 2.24) is 10.2 Å². The molecule has 0 spiro atoms. The first-order chi connectivity index (χ1) is 19.2. The third-order valence-electron chi connectivity index (χ3n) is 6.08. The molecule has 41 heavy (non-hydrogen) atoms. The maximum absolute atomic E-state index is 14.0. The van der Waals surface area contributed by atoms with Crippen LogP contribution in [-0.4, -0.2) is 49.9 Å². The number of hydrogen-bond donors (Lipinski definition) is 1. The molecule has 8 nitrogen and oxygen atoms in total. The van der Waals surface area contributed by atoms with Gasteiger partial charge in [-0.2, -0.15) is 0 Å². The molecule has 0 aromatic heterocycles. The predicted molar refractivity (Wildman–Crippen MR) is 166 cm³/mol. The lowest BCUT2D eigenvalue weighted by Crippen LogP contribution is -2.54. The van der Waals surface area contributed by atoms with Gasteiger partial charge in [0, 0.05) is 21.6 Å². The van der Waals surface area contributed by atoms with E-state index in [0.29, 0.717) is 27.4 Å². The Bertz CT molecular complexity index is 1460. The largest absolute Gasteiger partial charge is 0.494 e. The highest BCUT2D eigenvalue weighted by Gasteiger charge is 2.33. The van der Waals surface area contributed by atoms with Gasteiger partial charge in [0.25, 0.3) is 10.0 Å². The zero-order valence-corrected chi connectivity index (χ0v) is 26.9. The molecule has 0 saturated carbocycles. The number of nitrogens with one attached hydrogen (secondary N) is 1. The van der Waals surface area contributed by atoms with Crippen molar-refractivity contribution in [2.45, 2.75) is 57.6 Å². The highest BCUT2D eigenvalue weighted by atomic mass is 79.9. The summed E-state index contributed by atoms with van der Waals surface area (Å²) in [6.07, 6.45) is 0. The van der Waals surface area contributed by atoms with Crippen molar-refractivity contribution in [3.8, 4) is 5.75 Å². The molecule has 3 rings (SSSR count). The molecule has 0 unspecified atom stereocenters. The van der Waals surface area contributed by atoms with Crippen LogP contribution in [0.3, 0.4) is 0 Å². The van der Waals surface area contributed by atoms with Crippen LogP contribution in [0.1, 0.15) is 40.2 Å². The molecule has 2 amide bonds. The summed E-state index contributed by atoms with van der Waals surface area (Å²) in [4.78, 5) is 28.6. The molecular formula is C30H35BrClN3O5S. The van der Waals surface area contributed by atoms with Crippen LogP contribution in [0, 0.1) is 0 Å². The standard InChI is InChI=1S/C30H35BrClN3O5S/c1-6-40-25-15-13-24(14-16-25)35(41(38,39)26-17-11-23(31)12-18-26)20-28(36)34(19-22-9-7-8-10-27(22)32)21(2)29(37)33-30(3,4)5/h7-18,21H,6,19-20H2,1-5H3,(H,33,37)/t21-/m1/s1. The minimum atomic E-state index is -4.18. The van der Waals surface area contributed by atoms with Crippen molar-refractivity contribution in [2.24, 2.45) is 0 Å². The Kier molecular flexibility index (Phi) is 10.9. The molecule has 0 heterocycles. The number of rotatable bonds is 11. The fourth-order valence-electron chi connectivity index (χ4n) is 4.00. The van der Waals surface area contributed by atoms with Crippen LogP contribution in [-0.2, 0) is 26.2 Å². The van der Waals surface area contributed by atoms with Gasteiger partial charge in [-0.1, -0.05) is 45.7 Å². The molecule has 11 heteroatoms. The first kappa shape index (κ1) is 32.4. The van der Waals surface area contributed by atoms with Gasteiger partial charge in [0.1, 0.15) is 18.3 Å². The van der Waals surface area contributed by atoms with Crippen LogP contribution in [0.15, 0.2) is 82.2 Å². The van der Waals surface area contributed by atoms with E-state index in [4.69, 9.17) is 16.3 Å². The number of sulfonamides is 1. The Labute approximate surface area is 255 Å². The minimum Gasteiger partial charge on any atom is -0.494 e. The van der Waals surface area contributed by atoms with Gasteiger partial charge in [0.15, 0.2) is 0 Å². The Morgan fingerprint density at radius 2 is 1.61 bits per heavy atom. The molecule has 0 radical (unpaired) electrons. The number of nitrogens with zero attached hydrogens (tertiary/aromatic N) is 2. The van der Waals surface area contributed by atoms with Crippen LogP contribution < -0.4 is 14.4 Å². The summed E-state index contributed by atoms with van der Waals surface area (Å²) in [5.41, 5.74) is 0.361. The van der Waals surface area contributed by atoms with E-state index in [-0.39, 0.29) is 23.0 Å². The number of carbonyl (C=O) groups is 2. The van der Waals surface area contributed by atoms with E-state index in [1.54, 1.807) is 67.6 Å². The summed E-state index contributed by atoms with van der Waals surface area (Å²) in [6.45, 7) is 8.89. The number of amides is 2. The summed E-state index contributed by atoms with van der Waals surface area (Å²) >= 11 is 9.74. The second-order valence-corrected chi connectivity index (χ2v) is 13.6. The number of ether oxygens (including phenoxy) is 1. The van der Waals surface area contributed by atoms with E-state index in [2.05, 4.69) is 21.2 Å². The van der Waals surface area contributed by atoms with Crippen LogP contribution in [0.5, 0.6) is 5.75 Å². The number of benzene rings is 3.